The number of rotatable bonds is 4. The van der Waals surface area contributed by atoms with E-state index in [1.165, 1.54) is 27.6 Å². The van der Waals surface area contributed by atoms with Crippen LogP contribution in [0.5, 0.6) is 0 Å². The smallest absolute Gasteiger partial charge is 0.146 e. The first-order valence-corrected chi connectivity index (χ1v) is 18.0. The zero-order valence-corrected chi connectivity index (χ0v) is 31.7. The van der Waals surface area contributed by atoms with E-state index in [4.69, 9.17) is 22.6 Å². The van der Waals surface area contributed by atoms with Gasteiger partial charge >= 0.3 is 0 Å². The summed E-state index contributed by atoms with van der Waals surface area (Å²) in [5.41, 5.74) is 13.0. The van der Waals surface area contributed by atoms with Crippen molar-refractivity contribution in [3.05, 3.63) is 132 Å². The summed E-state index contributed by atoms with van der Waals surface area (Å²) in [7, 11) is 0. The Labute approximate surface area is 302 Å². The number of nitrogens with zero attached hydrogens (tertiary/aromatic N) is 3. The minimum absolute atomic E-state index is 0.0229. The molecule has 0 atom stereocenters. The van der Waals surface area contributed by atoms with Crippen molar-refractivity contribution >= 4 is 34.6 Å². The minimum Gasteiger partial charge on any atom is -0.294 e. The molecule has 7 rings (SSSR count). The van der Waals surface area contributed by atoms with Crippen LogP contribution in [0.3, 0.4) is 0 Å². The van der Waals surface area contributed by atoms with Gasteiger partial charge in [0.05, 0.1) is 16.9 Å². The summed E-state index contributed by atoms with van der Waals surface area (Å²) in [6.45, 7) is 20.4. The van der Waals surface area contributed by atoms with E-state index < -0.39 is 0 Å². The summed E-state index contributed by atoms with van der Waals surface area (Å²) >= 11 is 5.18. The van der Waals surface area contributed by atoms with Crippen molar-refractivity contribution in [1.82, 2.24) is 14.5 Å². The summed E-state index contributed by atoms with van der Waals surface area (Å²) < 4.78 is 2.34. The van der Waals surface area contributed by atoms with Gasteiger partial charge in [0, 0.05) is 38.7 Å². The summed E-state index contributed by atoms with van der Waals surface area (Å²) in [5.74, 6) is 0. The Morgan fingerprint density at radius 1 is 0.540 bits per heavy atom. The van der Waals surface area contributed by atoms with E-state index >= 15 is 0 Å². The van der Waals surface area contributed by atoms with Gasteiger partial charge in [0.1, 0.15) is 5.65 Å². The maximum absolute atomic E-state index is 5.51. The van der Waals surface area contributed by atoms with Crippen LogP contribution >= 0.6 is 12.6 Å². The van der Waals surface area contributed by atoms with Crippen LogP contribution in [0.15, 0.2) is 120 Å². The van der Waals surface area contributed by atoms with E-state index in [2.05, 4.69) is 176 Å². The van der Waals surface area contributed by atoms with Crippen molar-refractivity contribution in [2.24, 2.45) is 0 Å². The lowest BCUT2D eigenvalue weighted by Gasteiger charge is -2.28. The van der Waals surface area contributed by atoms with Gasteiger partial charge in [0.25, 0.3) is 0 Å². The maximum atomic E-state index is 5.51. The third-order valence-corrected chi connectivity index (χ3v) is 10.3. The number of hydrogen-bond acceptors (Lipinski definition) is 3. The molecule has 50 heavy (non-hydrogen) atoms. The number of hydrogen-bond donors (Lipinski definition) is 1. The highest BCUT2D eigenvalue weighted by Crippen LogP contribution is 2.41. The molecule has 0 aliphatic carbocycles. The number of para-hydroxylation sites is 1. The molecule has 0 saturated heterocycles. The molecule has 0 unspecified atom stereocenters. The van der Waals surface area contributed by atoms with E-state index in [1.54, 1.807) is 0 Å². The molecule has 0 radical (unpaired) electrons. The largest absolute Gasteiger partial charge is 0.294 e. The van der Waals surface area contributed by atoms with Crippen LogP contribution in [0.1, 0.15) is 79.0 Å². The molecule has 0 aliphatic heterocycles. The zero-order chi connectivity index (χ0) is 35.6. The Kier molecular flexibility index (Phi) is 8.30. The second-order valence-electron chi connectivity index (χ2n) is 16.7. The van der Waals surface area contributed by atoms with Gasteiger partial charge < -0.3 is 0 Å². The van der Waals surface area contributed by atoms with Gasteiger partial charge in [-0.1, -0.05) is 117 Å². The third-order valence-electron chi connectivity index (χ3n) is 9.79. The lowest BCUT2D eigenvalue weighted by molar-refractivity contribution is 0.560. The fourth-order valence-corrected chi connectivity index (χ4v) is 7.38. The third kappa shape index (κ3) is 6.26. The highest BCUT2D eigenvalue weighted by molar-refractivity contribution is 7.80. The van der Waals surface area contributed by atoms with Crippen LogP contribution in [0.4, 0.5) is 0 Å². The molecule has 0 aliphatic rings. The van der Waals surface area contributed by atoms with Gasteiger partial charge in [-0.3, -0.25) is 9.55 Å². The summed E-state index contributed by atoms with van der Waals surface area (Å²) in [4.78, 5) is 11.4. The number of pyridine rings is 2. The predicted molar refractivity (Wildman–Crippen MR) is 216 cm³/mol. The molecule has 0 bridgehead atoms. The number of benzene rings is 4. The SMILES string of the molecule is CC(C)(C)c1cc(-c2cc(-c3ccccc3)ccn2)cc(-n2c3ccccc3c3ccc(-c4cc(C(C)(C)C)cc(C(C)(C)C)c4S)nc32)c1. The van der Waals surface area contributed by atoms with Crippen molar-refractivity contribution in [3.63, 3.8) is 0 Å². The fourth-order valence-electron chi connectivity index (χ4n) is 6.81. The van der Waals surface area contributed by atoms with Crippen LogP contribution in [0.2, 0.25) is 0 Å². The van der Waals surface area contributed by atoms with E-state index in [0.717, 1.165) is 55.2 Å². The van der Waals surface area contributed by atoms with Crippen molar-refractivity contribution < 1.29 is 0 Å². The molecule has 252 valence electrons. The molecule has 0 saturated carbocycles. The number of aromatic nitrogens is 3. The van der Waals surface area contributed by atoms with E-state index in [9.17, 15) is 0 Å². The predicted octanol–water partition coefficient (Wildman–Crippen LogP) is 12.8. The lowest BCUT2D eigenvalue weighted by Crippen LogP contribution is -2.17. The molecule has 0 spiro atoms. The van der Waals surface area contributed by atoms with Crippen molar-refractivity contribution in [2.75, 3.05) is 0 Å². The molecule has 3 heterocycles. The van der Waals surface area contributed by atoms with Gasteiger partial charge in [-0.25, -0.2) is 4.98 Å². The number of fused-ring (bicyclic) bond motifs is 3. The lowest BCUT2D eigenvalue weighted by atomic mass is 9.79. The molecule has 3 nitrogen and oxygen atoms in total. The molecule has 4 heteroatoms. The molecular formula is C46H47N3S. The Balaban J connectivity index is 1.50. The van der Waals surface area contributed by atoms with Crippen LogP contribution < -0.4 is 0 Å². The topological polar surface area (TPSA) is 30.7 Å². The van der Waals surface area contributed by atoms with Gasteiger partial charge in [-0.05, 0) is 98.7 Å². The Hall–Kier alpha value is -4.67. The molecule has 0 N–H and O–H groups in total. The second-order valence-corrected chi connectivity index (χ2v) is 17.1. The Morgan fingerprint density at radius 2 is 1.22 bits per heavy atom. The van der Waals surface area contributed by atoms with E-state index in [0.29, 0.717) is 0 Å². The standard InChI is InChI=1S/C46H47N3S/c1-44(2,3)32-23-31(40-25-30(21-22-47-40)29-15-11-10-12-16-29)24-34(26-32)49-41-18-14-13-17-35(41)36-19-20-39(48-43(36)49)37-27-33(45(4,5)6)28-38(42(37)50)46(7,8)9/h10-28,50H,1-9H3. The quantitative estimate of drug-likeness (QED) is 0.189. The fraction of sp³-hybridized carbons (Fsp3) is 0.261. The monoisotopic (exact) mass is 673 g/mol. The molecule has 7 aromatic rings. The maximum Gasteiger partial charge on any atom is 0.146 e. The van der Waals surface area contributed by atoms with Crippen molar-refractivity contribution in [2.45, 2.75) is 83.5 Å². The van der Waals surface area contributed by atoms with Gasteiger partial charge in [-0.2, -0.15) is 0 Å². The molecule has 0 amide bonds. The van der Waals surface area contributed by atoms with Gasteiger partial charge in [0.2, 0.25) is 0 Å². The first-order chi connectivity index (χ1) is 23.6. The van der Waals surface area contributed by atoms with Crippen molar-refractivity contribution in [3.8, 4) is 39.3 Å². The first kappa shape index (κ1) is 33.8. The first-order valence-electron chi connectivity index (χ1n) is 17.6. The van der Waals surface area contributed by atoms with Crippen molar-refractivity contribution in [1.29, 1.82) is 0 Å². The molecule has 4 aromatic carbocycles. The Bertz CT molecular complexity index is 2380. The van der Waals surface area contributed by atoms with Gasteiger partial charge in [0.15, 0.2) is 0 Å². The molecular weight excluding hydrogens is 627 g/mol. The van der Waals surface area contributed by atoms with Crippen LogP contribution in [-0.4, -0.2) is 14.5 Å². The highest BCUT2D eigenvalue weighted by Gasteiger charge is 2.26. The zero-order valence-electron chi connectivity index (χ0n) is 30.8. The van der Waals surface area contributed by atoms with Crippen LogP contribution in [0, 0.1) is 0 Å². The Morgan fingerprint density at radius 3 is 1.92 bits per heavy atom. The summed E-state index contributed by atoms with van der Waals surface area (Å²) in [6, 6.07) is 39.4. The average molecular weight is 674 g/mol. The normalized spacial score (nSPS) is 12.6. The average Bonchev–Trinajstić information content (AvgIpc) is 3.41. The highest BCUT2D eigenvalue weighted by atomic mass is 32.1. The summed E-state index contributed by atoms with van der Waals surface area (Å²) in [5, 5.41) is 2.30. The number of thiol groups is 1. The second kappa shape index (κ2) is 12.3. The minimum atomic E-state index is -0.0865. The van der Waals surface area contributed by atoms with Crippen LogP contribution in [-0.2, 0) is 16.2 Å². The molecule has 3 aromatic heterocycles. The van der Waals surface area contributed by atoms with E-state index in [1.807, 2.05) is 6.20 Å². The van der Waals surface area contributed by atoms with E-state index in [-0.39, 0.29) is 16.2 Å². The summed E-state index contributed by atoms with van der Waals surface area (Å²) in [6.07, 6.45) is 1.92. The van der Waals surface area contributed by atoms with Gasteiger partial charge in [-0.15, -0.1) is 12.6 Å². The molecule has 0 fully saturated rings. The van der Waals surface area contributed by atoms with Crippen LogP contribution in [0.25, 0.3) is 61.3 Å².